The van der Waals surface area contributed by atoms with E-state index < -0.39 is 0 Å². The standard InChI is InChI=1S/C13H13BrClNS/c1-8-3-4-9(10(14)7-8)13(16-2)11-5-6-12(15)17-11/h3-7,13,16H,1-2H3. The summed E-state index contributed by atoms with van der Waals surface area (Å²) in [5.41, 5.74) is 2.48. The maximum Gasteiger partial charge on any atom is 0.0931 e. The van der Waals surface area contributed by atoms with E-state index in [1.807, 2.05) is 13.1 Å². The van der Waals surface area contributed by atoms with E-state index in [-0.39, 0.29) is 6.04 Å². The molecule has 0 aliphatic carbocycles. The highest BCUT2D eigenvalue weighted by Crippen LogP contribution is 2.34. The summed E-state index contributed by atoms with van der Waals surface area (Å²) in [6.45, 7) is 2.09. The molecule has 2 rings (SSSR count). The second-order valence-electron chi connectivity index (χ2n) is 3.89. The first-order valence-corrected chi connectivity index (χ1v) is 7.29. The van der Waals surface area contributed by atoms with E-state index in [1.165, 1.54) is 16.0 Å². The van der Waals surface area contributed by atoms with Crippen molar-refractivity contribution >= 4 is 38.9 Å². The lowest BCUT2D eigenvalue weighted by Gasteiger charge is -2.17. The van der Waals surface area contributed by atoms with Crippen molar-refractivity contribution in [3.63, 3.8) is 0 Å². The van der Waals surface area contributed by atoms with E-state index in [1.54, 1.807) is 11.3 Å². The molecule has 4 heteroatoms. The van der Waals surface area contributed by atoms with Crippen LogP contribution in [0.2, 0.25) is 4.34 Å². The molecule has 0 fully saturated rings. The third-order valence-electron chi connectivity index (χ3n) is 2.63. The van der Waals surface area contributed by atoms with Crippen molar-refractivity contribution < 1.29 is 0 Å². The molecule has 1 aromatic heterocycles. The van der Waals surface area contributed by atoms with Gasteiger partial charge in [-0.2, -0.15) is 0 Å². The highest BCUT2D eigenvalue weighted by molar-refractivity contribution is 9.10. The Balaban J connectivity index is 2.42. The minimum absolute atomic E-state index is 0.183. The van der Waals surface area contributed by atoms with Gasteiger partial charge >= 0.3 is 0 Å². The van der Waals surface area contributed by atoms with Gasteiger partial charge in [0, 0.05) is 9.35 Å². The molecule has 0 bridgehead atoms. The van der Waals surface area contributed by atoms with Gasteiger partial charge in [-0.1, -0.05) is 39.7 Å². The summed E-state index contributed by atoms with van der Waals surface area (Å²) in [5.74, 6) is 0. The lowest BCUT2D eigenvalue weighted by atomic mass is 10.0. The van der Waals surface area contributed by atoms with Crippen LogP contribution < -0.4 is 5.32 Å². The summed E-state index contributed by atoms with van der Waals surface area (Å²) in [4.78, 5) is 1.22. The zero-order chi connectivity index (χ0) is 12.4. The smallest absolute Gasteiger partial charge is 0.0931 e. The van der Waals surface area contributed by atoms with Crippen molar-refractivity contribution in [2.45, 2.75) is 13.0 Å². The van der Waals surface area contributed by atoms with Gasteiger partial charge in [0.2, 0.25) is 0 Å². The van der Waals surface area contributed by atoms with Crippen LogP contribution in [-0.2, 0) is 0 Å². The maximum atomic E-state index is 5.99. The molecular formula is C13H13BrClNS. The Bertz CT molecular complexity index is 524. The van der Waals surface area contributed by atoms with Gasteiger partial charge in [-0.05, 0) is 43.3 Å². The van der Waals surface area contributed by atoms with Crippen LogP contribution >= 0.6 is 38.9 Å². The largest absolute Gasteiger partial charge is 0.309 e. The van der Waals surface area contributed by atoms with E-state index in [2.05, 4.69) is 52.4 Å². The second-order valence-corrected chi connectivity index (χ2v) is 6.49. The van der Waals surface area contributed by atoms with E-state index in [0.717, 1.165) is 8.81 Å². The fraction of sp³-hybridized carbons (Fsp3) is 0.231. The molecule has 90 valence electrons. The molecule has 0 saturated heterocycles. The minimum atomic E-state index is 0.183. The lowest BCUT2D eigenvalue weighted by Crippen LogP contribution is -2.16. The molecule has 1 atom stereocenters. The summed E-state index contributed by atoms with van der Waals surface area (Å²) in [6, 6.07) is 10.6. The van der Waals surface area contributed by atoms with Crippen LogP contribution in [0.3, 0.4) is 0 Å². The van der Waals surface area contributed by atoms with Crippen molar-refractivity contribution in [2.75, 3.05) is 7.05 Å². The number of halogens is 2. The van der Waals surface area contributed by atoms with Crippen molar-refractivity contribution in [3.8, 4) is 0 Å². The first kappa shape index (κ1) is 13.1. The van der Waals surface area contributed by atoms with Crippen molar-refractivity contribution in [3.05, 3.63) is 55.1 Å². The highest BCUT2D eigenvalue weighted by atomic mass is 79.9. The van der Waals surface area contributed by atoms with Crippen LogP contribution in [-0.4, -0.2) is 7.05 Å². The van der Waals surface area contributed by atoms with E-state index >= 15 is 0 Å². The van der Waals surface area contributed by atoms with E-state index in [4.69, 9.17) is 11.6 Å². The van der Waals surface area contributed by atoms with Crippen LogP contribution in [0.15, 0.2) is 34.8 Å². The summed E-state index contributed by atoms with van der Waals surface area (Å²) < 4.78 is 1.95. The minimum Gasteiger partial charge on any atom is -0.309 e. The topological polar surface area (TPSA) is 12.0 Å². The SMILES string of the molecule is CNC(c1ccc(Cl)s1)c1ccc(C)cc1Br. The average molecular weight is 331 g/mol. The molecule has 1 N–H and O–H groups in total. The monoisotopic (exact) mass is 329 g/mol. The fourth-order valence-corrected chi connectivity index (χ4v) is 3.71. The van der Waals surface area contributed by atoms with Crippen LogP contribution in [0.4, 0.5) is 0 Å². The maximum absolute atomic E-state index is 5.99. The van der Waals surface area contributed by atoms with E-state index in [9.17, 15) is 0 Å². The summed E-state index contributed by atoms with van der Waals surface area (Å²) in [6.07, 6.45) is 0. The van der Waals surface area contributed by atoms with Crippen molar-refractivity contribution in [2.24, 2.45) is 0 Å². The molecule has 0 spiro atoms. The van der Waals surface area contributed by atoms with Crippen LogP contribution in [0.1, 0.15) is 22.0 Å². The quantitative estimate of drug-likeness (QED) is 0.854. The molecule has 0 amide bonds. The molecule has 1 nitrogen and oxygen atoms in total. The van der Waals surface area contributed by atoms with Gasteiger partial charge in [-0.15, -0.1) is 11.3 Å². The van der Waals surface area contributed by atoms with Gasteiger partial charge in [-0.3, -0.25) is 0 Å². The molecule has 1 heterocycles. The molecule has 1 unspecified atom stereocenters. The van der Waals surface area contributed by atoms with Gasteiger partial charge in [0.05, 0.1) is 10.4 Å². The number of benzene rings is 1. The number of hydrogen-bond acceptors (Lipinski definition) is 2. The fourth-order valence-electron chi connectivity index (χ4n) is 1.80. The first-order chi connectivity index (χ1) is 8.11. The normalized spacial score (nSPS) is 12.7. The van der Waals surface area contributed by atoms with Gasteiger partial charge in [0.15, 0.2) is 0 Å². The number of rotatable bonds is 3. The van der Waals surface area contributed by atoms with E-state index in [0.29, 0.717) is 0 Å². The summed E-state index contributed by atoms with van der Waals surface area (Å²) in [5, 5.41) is 3.33. The zero-order valence-electron chi connectivity index (χ0n) is 9.63. The Morgan fingerprint density at radius 3 is 2.59 bits per heavy atom. The predicted molar refractivity (Wildman–Crippen MR) is 79.1 cm³/mol. The van der Waals surface area contributed by atoms with Gasteiger partial charge in [0.25, 0.3) is 0 Å². The molecule has 0 saturated carbocycles. The Labute approximate surface area is 119 Å². The highest BCUT2D eigenvalue weighted by Gasteiger charge is 2.16. The molecule has 0 aliphatic rings. The van der Waals surface area contributed by atoms with Crippen molar-refractivity contribution in [1.29, 1.82) is 0 Å². The van der Waals surface area contributed by atoms with Gasteiger partial charge in [-0.25, -0.2) is 0 Å². The molecule has 2 aromatic rings. The summed E-state index contributed by atoms with van der Waals surface area (Å²) >= 11 is 11.2. The predicted octanol–water partition coefficient (Wildman–Crippen LogP) is 4.78. The second kappa shape index (κ2) is 5.53. The Morgan fingerprint density at radius 1 is 1.29 bits per heavy atom. The third kappa shape index (κ3) is 2.91. The Kier molecular flexibility index (Phi) is 4.26. The molecule has 1 aromatic carbocycles. The lowest BCUT2D eigenvalue weighted by molar-refractivity contribution is 0.700. The Hall–Kier alpha value is -0.350. The molecule has 17 heavy (non-hydrogen) atoms. The molecule has 0 radical (unpaired) electrons. The van der Waals surface area contributed by atoms with Crippen molar-refractivity contribution in [1.82, 2.24) is 5.32 Å². The third-order valence-corrected chi connectivity index (χ3v) is 4.62. The van der Waals surface area contributed by atoms with Gasteiger partial charge < -0.3 is 5.32 Å². The number of hydrogen-bond donors (Lipinski definition) is 1. The molecular weight excluding hydrogens is 318 g/mol. The van der Waals surface area contributed by atoms with Crippen LogP contribution in [0.5, 0.6) is 0 Å². The molecule has 0 aliphatic heterocycles. The zero-order valence-corrected chi connectivity index (χ0v) is 12.8. The van der Waals surface area contributed by atoms with Crippen LogP contribution in [0.25, 0.3) is 0 Å². The average Bonchev–Trinajstić information content (AvgIpc) is 2.69. The first-order valence-electron chi connectivity index (χ1n) is 5.30. The van der Waals surface area contributed by atoms with Gasteiger partial charge in [0.1, 0.15) is 0 Å². The summed E-state index contributed by atoms with van der Waals surface area (Å²) in [7, 11) is 1.96. The number of thiophene rings is 1. The number of nitrogens with one attached hydrogen (secondary N) is 1. The Morgan fingerprint density at radius 2 is 2.06 bits per heavy atom. The van der Waals surface area contributed by atoms with Crippen LogP contribution in [0, 0.1) is 6.92 Å². The number of aryl methyl sites for hydroxylation is 1.